The van der Waals surface area contributed by atoms with Crippen LogP contribution in [0.2, 0.25) is 0 Å². The molecule has 0 unspecified atom stereocenters. The maximum Gasteiger partial charge on any atom is 0.251 e. The number of piperidine rings is 1. The number of sulfonamides is 1. The molecular weight excluding hydrogens is 360 g/mol. The third-order valence-electron chi connectivity index (χ3n) is 4.94. The number of rotatable bonds is 5. The highest BCUT2D eigenvalue weighted by atomic mass is 32.2. The summed E-state index contributed by atoms with van der Waals surface area (Å²) in [7, 11) is -3.55. The molecule has 0 aromatic heterocycles. The molecule has 2 aromatic rings. The van der Waals surface area contributed by atoms with Gasteiger partial charge in [0.2, 0.25) is 10.0 Å². The molecule has 1 amide bonds. The molecular formula is C21H26N2O3S. The van der Waals surface area contributed by atoms with E-state index in [9.17, 15) is 13.2 Å². The number of carbonyl (C=O) groups excluding carboxylic acids is 1. The fourth-order valence-electron chi connectivity index (χ4n) is 3.36. The van der Waals surface area contributed by atoms with Gasteiger partial charge in [0.1, 0.15) is 0 Å². The number of nitrogens with one attached hydrogen (secondary N) is 1. The molecule has 5 nitrogen and oxygen atoms in total. The van der Waals surface area contributed by atoms with Crippen molar-refractivity contribution in [2.45, 2.75) is 44.6 Å². The summed E-state index contributed by atoms with van der Waals surface area (Å²) < 4.78 is 27.3. The molecule has 0 spiro atoms. The Morgan fingerprint density at radius 2 is 1.78 bits per heavy atom. The SMILES string of the molecule is Cc1cccc(CNC(=O)c2cc(S(=O)(=O)N3CCCCC3)ccc2C)c1. The predicted molar refractivity (Wildman–Crippen MR) is 106 cm³/mol. The van der Waals surface area contributed by atoms with Gasteiger partial charge in [0.25, 0.3) is 5.91 Å². The molecule has 1 fully saturated rings. The third kappa shape index (κ3) is 4.57. The monoisotopic (exact) mass is 386 g/mol. The lowest BCUT2D eigenvalue weighted by Gasteiger charge is -2.26. The van der Waals surface area contributed by atoms with Crippen LogP contribution in [0.4, 0.5) is 0 Å². The van der Waals surface area contributed by atoms with Gasteiger partial charge in [-0.05, 0) is 49.9 Å². The van der Waals surface area contributed by atoms with E-state index in [-0.39, 0.29) is 10.8 Å². The lowest BCUT2D eigenvalue weighted by Crippen LogP contribution is -2.35. The molecule has 3 rings (SSSR count). The van der Waals surface area contributed by atoms with E-state index in [0.29, 0.717) is 25.2 Å². The van der Waals surface area contributed by atoms with Crippen molar-refractivity contribution in [3.05, 3.63) is 64.7 Å². The summed E-state index contributed by atoms with van der Waals surface area (Å²) in [6.07, 6.45) is 2.83. The Morgan fingerprint density at radius 1 is 1.04 bits per heavy atom. The molecule has 1 N–H and O–H groups in total. The van der Waals surface area contributed by atoms with Crippen molar-refractivity contribution in [2.75, 3.05) is 13.1 Å². The number of benzene rings is 2. The van der Waals surface area contributed by atoms with Crippen molar-refractivity contribution in [3.8, 4) is 0 Å². The van der Waals surface area contributed by atoms with Crippen LogP contribution in [0.25, 0.3) is 0 Å². The maximum atomic E-state index is 12.9. The standard InChI is InChI=1S/C21H26N2O3S/c1-16-7-6-8-18(13-16)15-22-21(24)20-14-19(10-9-17(20)2)27(25,26)23-11-4-3-5-12-23/h6-10,13-14H,3-5,11-12,15H2,1-2H3,(H,22,24). The number of carbonyl (C=O) groups is 1. The highest BCUT2D eigenvalue weighted by Gasteiger charge is 2.27. The molecule has 2 aromatic carbocycles. The van der Waals surface area contributed by atoms with Crippen LogP contribution in [0.15, 0.2) is 47.4 Å². The Morgan fingerprint density at radius 3 is 2.48 bits per heavy atom. The molecule has 6 heteroatoms. The third-order valence-corrected chi connectivity index (χ3v) is 6.84. The number of amides is 1. The van der Waals surface area contributed by atoms with E-state index >= 15 is 0 Å². The number of aryl methyl sites for hydroxylation is 2. The maximum absolute atomic E-state index is 12.9. The van der Waals surface area contributed by atoms with E-state index in [1.54, 1.807) is 12.1 Å². The van der Waals surface area contributed by atoms with Gasteiger partial charge in [0.15, 0.2) is 0 Å². The van der Waals surface area contributed by atoms with Crippen LogP contribution in [-0.4, -0.2) is 31.7 Å². The quantitative estimate of drug-likeness (QED) is 0.856. The Kier molecular flexibility index (Phi) is 5.97. The molecule has 0 aliphatic carbocycles. The van der Waals surface area contributed by atoms with Gasteiger partial charge < -0.3 is 5.32 Å². The average Bonchev–Trinajstić information content (AvgIpc) is 2.67. The van der Waals surface area contributed by atoms with Gasteiger partial charge in [0.05, 0.1) is 4.90 Å². The number of hydrogen-bond acceptors (Lipinski definition) is 3. The molecule has 1 heterocycles. The van der Waals surface area contributed by atoms with Gasteiger partial charge in [0, 0.05) is 25.2 Å². The summed E-state index contributed by atoms with van der Waals surface area (Å²) >= 11 is 0. The van der Waals surface area contributed by atoms with Gasteiger partial charge in [-0.15, -0.1) is 0 Å². The molecule has 144 valence electrons. The minimum Gasteiger partial charge on any atom is -0.348 e. The van der Waals surface area contributed by atoms with Gasteiger partial charge >= 0.3 is 0 Å². The van der Waals surface area contributed by atoms with Gasteiger partial charge in [-0.2, -0.15) is 4.31 Å². The largest absolute Gasteiger partial charge is 0.348 e. The molecule has 27 heavy (non-hydrogen) atoms. The van der Waals surface area contributed by atoms with Gasteiger partial charge in [-0.25, -0.2) is 8.42 Å². The van der Waals surface area contributed by atoms with Crippen LogP contribution in [-0.2, 0) is 16.6 Å². The Labute approximate surface area is 161 Å². The van der Waals surface area contributed by atoms with Crippen molar-refractivity contribution in [1.29, 1.82) is 0 Å². The first kappa shape index (κ1) is 19.6. The fraction of sp³-hybridized carbons (Fsp3) is 0.381. The molecule has 0 saturated carbocycles. The second-order valence-corrected chi connectivity index (χ2v) is 9.05. The topological polar surface area (TPSA) is 66.5 Å². The minimum atomic E-state index is -3.55. The number of nitrogens with zero attached hydrogens (tertiary/aromatic N) is 1. The Balaban J connectivity index is 1.79. The average molecular weight is 387 g/mol. The highest BCUT2D eigenvalue weighted by molar-refractivity contribution is 7.89. The van der Waals surface area contributed by atoms with E-state index in [4.69, 9.17) is 0 Å². The zero-order valence-corrected chi connectivity index (χ0v) is 16.7. The minimum absolute atomic E-state index is 0.190. The smallest absolute Gasteiger partial charge is 0.251 e. The molecule has 1 saturated heterocycles. The summed E-state index contributed by atoms with van der Waals surface area (Å²) in [5.41, 5.74) is 3.31. The van der Waals surface area contributed by atoms with Crippen molar-refractivity contribution in [2.24, 2.45) is 0 Å². The van der Waals surface area contributed by atoms with E-state index < -0.39 is 10.0 Å². The summed E-state index contributed by atoms with van der Waals surface area (Å²) in [5.74, 6) is -0.260. The lowest BCUT2D eigenvalue weighted by molar-refractivity contribution is 0.0950. The van der Waals surface area contributed by atoms with E-state index in [1.165, 1.54) is 10.4 Å². The van der Waals surface area contributed by atoms with Crippen molar-refractivity contribution >= 4 is 15.9 Å². The molecule has 0 radical (unpaired) electrons. The molecule has 1 aliphatic rings. The Hall–Kier alpha value is -2.18. The van der Waals surface area contributed by atoms with Gasteiger partial charge in [-0.1, -0.05) is 42.3 Å². The van der Waals surface area contributed by atoms with Crippen LogP contribution >= 0.6 is 0 Å². The normalized spacial score (nSPS) is 15.5. The zero-order chi connectivity index (χ0) is 19.4. The van der Waals surface area contributed by atoms with E-state index in [2.05, 4.69) is 5.32 Å². The Bertz CT molecular complexity index is 932. The van der Waals surface area contributed by atoms with Crippen LogP contribution < -0.4 is 5.32 Å². The summed E-state index contributed by atoms with van der Waals surface area (Å²) in [5, 5.41) is 2.89. The summed E-state index contributed by atoms with van der Waals surface area (Å²) in [6, 6.07) is 12.7. The first-order valence-corrected chi connectivity index (χ1v) is 10.8. The van der Waals surface area contributed by atoms with Crippen LogP contribution in [0.1, 0.15) is 46.3 Å². The first-order valence-electron chi connectivity index (χ1n) is 9.32. The lowest BCUT2D eigenvalue weighted by atomic mass is 10.1. The van der Waals surface area contributed by atoms with Crippen molar-refractivity contribution < 1.29 is 13.2 Å². The van der Waals surface area contributed by atoms with Crippen LogP contribution in [0.5, 0.6) is 0 Å². The van der Waals surface area contributed by atoms with Crippen molar-refractivity contribution in [1.82, 2.24) is 9.62 Å². The van der Waals surface area contributed by atoms with Crippen molar-refractivity contribution in [3.63, 3.8) is 0 Å². The molecule has 1 aliphatic heterocycles. The van der Waals surface area contributed by atoms with Crippen LogP contribution in [0.3, 0.4) is 0 Å². The van der Waals surface area contributed by atoms with E-state index in [0.717, 1.165) is 36.0 Å². The first-order chi connectivity index (χ1) is 12.9. The molecule has 0 bridgehead atoms. The summed E-state index contributed by atoms with van der Waals surface area (Å²) in [6.45, 7) is 5.32. The number of hydrogen-bond donors (Lipinski definition) is 1. The van der Waals surface area contributed by atoms with E-state index in [1.807, 2.05) is 38.1 Å². The zero-order valence-electron chi connectivity index (χ0n) is 15.9. The fourth-order valence-corrected chi connectivity index (χ4v) is 4.90. The second kappa shape index (κ2) is 8.23. The second-order valence-electron chi connectivity index (χ2n) is 7.11. The molecule has 0 atom stereocenters. The highest BCUT2D eigenvalue weighted by Crippen LogP contribution is 2.23. The van der Waals surface area contributed by atoms with Gasteiger partial charge in [-0.3, -0.25) is 4.79 Å². The predicted octanol–water partition coefficient (Wildman–Crippen LogP) is 3.41. The van der Waals surface area contributed by atoms with Crippen LogP contribution in [0, 0.1) is 13.8 Å². The summed E-state index contributed by atoms with van der Waals surface area (Å²) in [4.78, 5) is 12.9.